The Morgan fingerprint density at radius 3 is 1.79 bits per heavy atom. The fourth-order valence-corrected chi connectivity index (χ4v) is 0.892. The van der Waals surface area contributed by atoms with E-state index in [0.717, 1.165) is 6.42 Å². The number of hydrogen-bond donors (Lipinski definition) is 1. The summed E-state index contributed by atoms with van der Waals surface area (Å²) in [5.41, 5.74) is 0. The molecule has 0 rings (SSSR count). The van der Waals surface area contributed by atoms with Gasteiger partial charge in [0.05, 0.1) is 10.1 Å². The number of rotatable bonds is 6. The van der Waals surface area contributed by atoms with E-state index in [1.165, 1.54) is 32.1 Å². The molecule has 0 atom stereocenters. The smallest absolute Gasteiger partial charge is 0.0916 e. The lowest BCUT2D eigenvalue weighted by atomic mass is 10.1. The van der Waals surface area contributed by atoms with Gasteiger partial charge in [0, 0.05) is 12.9 Å². The first-order valence-electron chi connectivity index (χ1n) is 4.93. The lowest BCUT2D eigenvalue weighted by Gasteiger charge is -1.95. The van der Waals surface area contributed by atoms with Crippen molar-refractivity contribution < 1.29 is 18.1 Å². The summed E-state index contributed by atoms with van der Waals surface area (Å²) in [6.07, 6.45) is 8.10. The molecule has 0 saturated heterocycles. The van der Waals surface area contributed by atoms with Crippen molar-refractivity contribution in [3.63, 3.8) is 0 Å². The van der Waals surface area contributed by atoms with Crippen molar-refractivity contribution in [1.29, 1.82) is 0 Å². The van der Waals surface area contributed by atoms with Crippen molar-refractivity contribution >= 4 is 10.1 Å². The van der Waals surface area contributed by atoms with E-state index in [0.29, 0.717) is 12.9 Å². The van der Waals surface area contributed by atoms with E-state index < -0.39 is 10.1 Å². The molecular formula is C9H21O4S-. The summed E-state index contributed by atoms with van der Waals surface area (Å²) >= 11 is 0. The first-order chi connectivity index (χ1) is 6.41. The molecule has 0 bridgehead atoms. The third-order valence-electron chi connectivity index (χ3n) is 1.51. The second-order valence-corrected chi connectivity index (χ2v) is 4.60. The average molecular weight is 225 g/mol. The van der Waals surface area contributed by atoms with E-state index in [1.54, 1.807) is 0 Å². The molecular weight excluding hydrogens is 204 g/mol. The van der Waals surface area contributed by atoms with E-state index in [9.17, 15) is 0 Å². The second-order valence-electron chi connectivity index (χ2n) is 3.20. The number of hydrogen-bond acceptors (Lipinski definition) is 4. The normalized spacial score (nSPS) is 10.6. The minimum absolute atomic E-state index is 0.367. The predicted molar refractivity (Wildman–Crippen MR) is 56.1 cm³/mol. The summed E-state index contributed by atoms with van der Waals surface area (Å²) in [5, 5.41) is 8.42. The van der Waals surface area contributed by atoms with Crippen molar-refractivity contribution in [1.82, 2.24) is 0 Å². The molecule has 0 unspecified atom stereocenters. The molecule has 0 spiro atoms. The molecule has 1 N–H and O–H groups in total. The molecule has 0 aromatic heterocycles. The Morgan fingerprint density at radius 1 is 1.07 bits per heavy atom. The van der Waals surface area contributed by atoms with Gasteiger partial charge >= 0.3 is 0 Å². The van der Waals surface area contributed by atoms with E-state index in [1.807, 2.05) is 0 Å². The molecule has 0 heterocycles. The van der Waals surface area contributed by atoms with Crippen LogP contribution in [-0.4, -0.2) is 30.9 Å². The van der Waals surface area contributed by atoms with Crippen LogP contribution in [0.2, 0.25) is 0 Å². The maximum atomic E-state index is 9.08. The van der Waals surface area contributed by atoms with Crippen LogP contribution in [0.15, 0.2) is 0 Å². The summed E-state index contributed by atoms with van der Waals surface area (Å²) in [7, 11) is -3.92. The zero-order chi connectivity index (χ0) is 11.4. The van der Waals surface area contributed by atoms with Gasteiger partial charge in [-0.15, -0.1) is 0 Å². The van der Waals surface area contributed by atoms with Crippen LogP contribution in [0.25, 0.3) is 0 Å². The van der Waals surface area contributed by atoms with Gasteiger partial charge in [-0.25, -0.2) is 8.42 Å². The standard InChI is InChI=1S/C8H18O.CH4O3S/c1-2-3-4-5-6-7-8-9;1-5(2,3)4/h9H,2-8H2,1H3;1H3,(H,2,3,4)/p-1. The summed E-state index contributed by atoms with van der Waals surface area (Å²) in [4.78, 5) is 0. The van der Waals surface area contributed by atoms with E-state index in [2.05, 4.69) is 6.92 Å². The van der Waals surface area contributed by atoms with Gasteiger partial charge in [0.15, 0.2) is 0 Å². The molecule has 0 aromatic carbocycles. The Labute approximate surface area is 87.1 Å². The first-order valence-corrected chi connectivity index (χ1v) is 6.75. The molecule has 0 aliphatic heterocycles. The van der Waals surface area contributed by atoms with Crippen molar-refractivity contribution in [3.05, 3.63) is 0 Å². The molecule has 4 nitrogen and oxygen atoms in total. The van der Waals surface area contributed by atoms with Crippen LogP contribution >= 0.6 is 0 Å². The zero-order valence-corrected chi connectivity index (χ0v) is 9.85. The molecule has 0 fully saturated rings. The number of aliphatic hydroxyl groups is 1. The molecule has 0 saturated carbocycles. The maximum absolute atomic E-state index is 9.08. The maximum Gasteiger partial charge on any atom is 0.0916 e. The van der Waals surface area contributed by atoms with Gasteiger partial charge in [0.1, 0.15) is 0 Å². The third kappa shape index (κ3) is 40.7. The van der Waals surface area contributed by atoms with Gasteiger partial charge in [-0.3, -0.25) is 0 Å². The molecule has 0 radical (unpaired) electrons. The summed E-state index contributed by atoms with van der Waals surface area (Å²) in [5.74, 6) is 0. The molecule has 0 aromatic rings. The van der Waals surface area contributed by atoms with Gasteiger partial charge in [0.2, 0.25) is 0 Å². The van der Waals surface area contributed by atoms with Crippen molar-refractivity contribution in [2.75, 3.05) is 12.9 Å². The summed E-state index contributed by atoms with van der Waals surface area (Å²) < 4.78 is 27.2. The van der Waals surface area contributed by atoms with Gasteiger partial charge in [0.25, 0.3) is 0 Å². The minimum atomic E-state index is -3.92. The highest BCUT2D eigenvalue weighted by Crippen LogP contribution is 2.03. The van der Waals surface area contributed by atoms with Crippen LogP contribution in [-0.2, 0) is 10.1 Å². The minimum Gasteiger partial charge on any atom is -0.748 e. The topological polar surface area (TPSA) is 77.4 Å². The Hall–Kier alpha value is -0.130. The quantitative estimate of drug-likeness (QED) is 0.549. The van der Waals surface area contributed by atoms with Crippen LogP contribution in [0.3, 0.4) is 0 Å². The lowest BCUT2D eigenvalue weighted by Crippen LogP contribution is -1.88. The molecule has 0 aliphatic carbocycles. The fraction of sp³-hybridized carbons (Fsp3) is 1.00. The van der Waals surface area contributed by atoms with E-state index in [-0.39, 0.29) is 0 Å². The Bertz CT molecular complexity index is 173. The predicted octanol–water partition coefficient (Wildman–Crippen LogP) is 1.50. The molecule has 0 amide bonds. The van der Waals surface area contributed by atoms with Crippen molar-refractivity contribution in [2.24, 2.45) is 0 Å². The third-order valence-corrected chi connectivity index (χ3v) is 1.51. The fourth-order valence-electron chi connectivity index (χ4n) is 0.892. The van der Waals surface area contributed by atoms with Crippen LogP contribution in [0.4, 0.5) is 0 Å². The van der Waals surface area contributed by atoms with E-state index >= 15 is 0 Å². The van der Waals surface area contributed by atoms with Gasteiger partial charge in [-0.1, -0.05) is 39.0 Å². The number of aliphatic hydroxyl groups excluding tert-OH is 1. The zero-order valence-electron chi connectivity index (χ0n) is 9.03. The monoisotopic (exact) mass is 225 g/mol. The van der Waals surface area contributed by atoms with Crippen LogP contribution in [0, 0.1) is 0 Å². The summed E-state index contributed by atoms with van der Waals surface area (Å²) in [6, 6.07) is 0. The highest BCUT2D eigenvalue weighted by molar-refractivity contribution is 7.84. The largest absolute Gasteiger partial charge is 0.748 e. The average Bonchev–Trinajstić information content (AvgIpc) is 2.01. The van der Waals surface area contributed by atoms with Crippen LogP contribution in [0.5, 0.6) is 0 Å². The van der Waals surface area contributed by atoms with Crippen molar-refractivity contribution in [3.8, 4) is 0 Å². The molecule has 0 aliphatic rings. The van der Waals surface area contributed by atoms with Gasteiger partial charge in [-0.05, 0) is 6.42 Å². The molecule has 88 valence electrons. The van der Waals surface area contributed by atoms with Crippen LogP contribution in [0.1, 0.15) is 45.4 Å². The Kier molecular flexibility index (Phi) is 12.8. The Morgan fingerprint density at radius 2 is 1.43 bits per heavy atom. The SMILES string of the molecule is CCCCCCCCO.CS(=O)(=O)[O-]. The van der Waals surface area contributed by atoms with Gasteiger partial charge in [-0.2, -0.15) is 0 Å². The lowest BCUT2D eigenvalue weighted by molar-refractivity contribution is 0.282. The second kappa shape index (κ2) is 10.9. The van der Waals surface area contributed by atoms with E-state index in [4.69, 9.17) is 18.1 Å². The molecule has 14 heavy (non-hydrogen) atoms. The Balaban J connectivity index is 0. The van der Waals surface area contributed by atoms with Gasteiger partial charge < -0.3 is 9.66 Å². The highest BCUT2D eigenvalue weighted by atomic mass is 32.2. The summed E-state index contributed by atoms with van der Waals surface area (Å²) in [6.45, 7) is 2.58. The first kappa shape index (κ1) is 16.3. The van der Waals surface area contributed by atoms with Crippen molar-refractivity contribution in [2.45, 2.75) is 45.4 Å². The molecule has 5 heteroatoms. The van der Waals surface area contributed by atoms with Crippen LogP contribution < -0.4 is 0 Å². The number of unbranched alkanes of at least 4 members (excludes halogenated alkanes) is 5. The highest BCUT2D eigenvalue weighted by Gasteiger charge is 1.86.